The molecule has 0 bridgehead atoms. The van der Waals surface area contributed by atoms with Crippen molar-refractivity contribution in [3.05, 3.63) is 48.3 Å². The topological polar surface area (TPSA) is 66.4 Å². The van der Waals surface area contributed by atoms with Crippen LogP contribution in [0.1, 0.15) is 5.56 Å². The van der Waals surface area contributed by atoms with Gasteiger partial charge >= 0.3 is 0 Å². The summed E-state index contributed by atoms with van der Waals surface area (Å²) in [7, 11) is -3.11. The zero-order chi connectivity index (χ0) is 17.0. The van der Waals surface area contributed by atoms with E-state index < -0.39 is 10.0 Å². The number of piperazine rings is 1. The van der Waals surface area contributed by atoms with E-state index in [1.807, 2.05) is 18.2 Å². The van der Waals surface area contributed by atoms with Crippen LogP contribution in [0.25, 0.3) is 0 Å². The highest BCUT2D eigenvalue weighted by Gasteiger charge is 2.24. The number of aromatic nitrogens is 2. The van der Waals surface area contributed by atoms with Gasteiger partial charge in [0.25, 0.3) is 0 Å². The predicted octanol–water partition coefficient (Wildman–Crippen LogP) is 1.85. The minimum atomic E-state index is -3.11. The summed E-state index contributed by atoms with van der Waals surface area (Å²) in [6, 6.07) is 10.2. The van der Waals surface area contributed by atoms with E-state index in [0.717, 1.165) is 16.6 Å². The standard InChI is InChI=1S/C16H20N4O2S2/c1-24(21,22)20-9-7-19(8-10-20)15-11-17-12-16(18-15)23-13-14-5-3-2-4-6-14/h2-6,11-12H,7-10,13H2,1H3. The van der Waals surface area contributed by atoms with Crippen molar-refractivity contribution < 1.29 is 8.42 Å². The lowest BCUT2D eigenvalue weighted by Gasteiger charge is -2.33. The van der Waals surface area contributed by atoms with Crippen LogP contribution in [0, 0.1) is 0 Å². The van der Waals surface area contributed by atoms with Gasteiger partial charge in [-0.15, -0.1) is 11.8 Å². The van der Waals surface area contributed by atoms with Gasteiger partial charge in [0.2, 0.25) is 10.0 Å². The molecule has 2 aromatic rings. The summed E-state index contributed by atoms with van der Waals surface area (Å²) >= 11 is 1.65. The molecule has 128 valence electrons. The molecule has 0 spiro atoms. The minimum Gasteiger partial charge on any atom is -0.353 e. The van der Waals surface area contributed by atoms with Gasteiger partial charge in [-0.1, -0.05) is 30.3 Å². The first-order valence-corrected chi connectivity index (χ1v) is 10.5. The third kappa shape index (κ3) is 4.46. The SMILES string of the molecule is CS(=O)(=O)N1CCN(c2cncc(SCc3ccccc3)n2)CC1. The smallest absolute Gasteiger partial charge is 0.211 e. The molecule has 24 heavy (non-hydrogen) atoms. The number of thioether (sulfide) groups is 1. The lowest BCUT2D eigenvalue weighted by molar-refractivity contribution is 0.386. The summed E-state index contributed by atoms with van der Waals surface area (Å²) in [6.07, 6.45) is 4.76. The Morgan fingerprint density at radius 3 is 2.46 bits per heavy atom. The molecule has 0 aliphatic carbocycles. The Hall–Kier alpha value is -1.64. The van der Waals surface area contributed by atoms with Crippen LogP contribution in [0.5, 0.6) is 0 Å². The minimum absolute atomic E-state index is 0.488. The molecule has 0 N–H and O–H groups in total. The van der Waals surface area contributed by atoms with Crippen LogP contribution in [-0.4, -0.2) is 55.1 Å². The average molecular weight is 364 g/mol. The molecule has 1 saturated heterocycles. The molecule has 1 fully saturated rings. The van der Waals surface area contributed by atoms with E-state index in [1.165, 1.54) is 16.1 Å². The van der Waals surface area contributed by atoms with Gasteiger partial charge in [0.1, 0.15) is 10.8 Å². The maximum atomic E-state index is 11.6. The number of rotatable bonds is 5. The van der Waals surface area contributed by atoms with Crippen LogP contribution in [0.3, 0.4) is 0 Å². The molecule has 0 unspecified atom stereocenters. The first-order chi connectivity index (χ1) is 11.5. The molecule has 3 rings (SSSR count). The third-order valence-electron chi connectivity index (χ3n) is 3.86. The van der Waals surface area contributed by atoms with E-state index in [0.29, 0.717) is 26.2 Å². The van der Waals surface area contributed by atoms with Gasteiger partial charge in [-0.25, -0.2) is 13.4 Å². The van der Waals surface area contributed by atoms with E-state index in [4.69, 9.17) is 0 Å². The zero-order valence-electron chi connectivity index (χ0n) is 13.5. The Morgan fingerprint density at radius 2 is 1.79 bits per heavy atom. The van der Waals surface area contributed by atoms with E-state index in [2.05, 4.69) is 27.0 Å². The number of nitrogens with zero attached hydrogens (tertiary/aromatic N) is 4. The van der Waals surface area contributed by atoms with Crippen LogP contribution in [-0.2, 0) is 15.8 Å². The third-order valence-corrected chi connectivity index (χ3v) is 6.13. The molecule has 1 aromatic carbocycles. The van der Waals surface area contributed by atoms with E-state index in [9.17, 15) is 8.42 Å². The second-order valence-electron chi connectivity index (χ2n) is 5.64. The highest BCUT2D eigenvalue weighted by Crippen LogP contribution is 2.23. The number of hydrogen-bond donors (Lipinski definition) is 0. The molecular formula is C16H20N4O2S2. The molecule has 0 radical (unpaired) electrons. The number of anilines is 1. The van der Waals surface area contributed by atoms with Crippen molar-refractivity contribution in [1.82, 2.24) is 14.3 Å². The molecule has 8 heteroatoms. The van der Waals surface area contributed by atoms with Crippen molar-refractivity contribution >= 4 is 27.6 Å². The summed E-state index contributed by atoms with van der Waals surface area (Å²) < 4.78 is 24.7. The Kier molecular flexibility index (Phi) is 5.37. The molecule has 1 aromatic heterocycles. The van der Waals surface area contributed by atoms with Crippen LogP contribution in [0.4, 0.5) is 5.82 Å². The maximum Gasteiger partial charge on any atom is 0.211 e. The first-order valence-electron chi connectivity index (χ1n) is 7.71. The van der Waals surface area contributed by atoms with Crippen molar-refractivity contribution in [2.45, 2.75) is 10.8 Å². The van der Waals surface area contributed by atoms with Crippen LogP contribution in [0.2, 0.25) is 0 Å². The normalized spacial score (nSPS) is 16.3. The molecule has 2 heterocycles. The largest absolute Gasteiger partial charge is 0.353 e. The van der Waals surface area contributed by atoms with Gasteiger partial charge in [0.15, 0.2) is 0 Å². The fourth-order valence-corrected chi connectivity index (χ4v) is 4.17. The Balaban J connectivity index is 1.61. The summed E-state index contributed by atoms with van der Waals surface area (Å²) in [6.45, 7) is 2.24. The van der Waals surface area contributed by atoms with E-state index in [1.54, 1.807) is 24.2 Å². The Bertz CT molecular complexity index is 776. The van der Waals surface area contributed by atoms with Gasteiger partial charge in [0, 0.05) is 31.9 Å². The average Bonchev–Trinajstić information content (AvgIpc) is 2.60. The molecule has 6 nitrogen and oxygen atoms in total. The highest BCUT2D eigenvalue weighted by molar-refractivity contribution is 7.98. The summed E-state index contributed by atoms with van der Waals surface area (Å²) in [5.41, 5.74) is 1.25. The fourth-order valence-electron chi connectivity index (χ4n) is 2.54. The number of benzene rings is 1. The van der Waals surface area contributed by atoms with Crippen molar-refractivity contribution in [2.24, 2.45) is 0 Å². The lowest BCUT2D eigenvalue weighted by atomic mass is 10.2. The fraction of sp³-hybridized carbons (Fsp3) is 0.375. The van der Waals surface area contributed by atoms with Crippen molar-refractivity contribution in [3.63, 3.8) is 0 Å². The molecular weight excluding hydrogens is 344 g/mol. The molecule has 1 aliphatic heterocycles. The van der Waals surface area contributed by atoms with Crippen LogP contribution in [0.15, 0.2) is 47.8 Å². The zero-order valence-corrected chi connectivity index (χ0v) is 15.1. The highest BCUT2D eigenvalue weighted by atomic mass is 32.2. The number of hydrogen-bond acceptors (Lipinski definition) is 6. The summed E-state index contributed by atoms with van der Waals surface area (Å²) in [5.74, 6) is 1.65. The van der Waals surface area contributed by atoms with Gasteiger partial charge in [-0.05, 0) is 5.56 Å². The van der Waals surface area contributed by atoms with Crippen LogP contribution >= 0.6 is 11.8 Å². The molecule has 0 atom stereocenters. The second-order valence-corrected chi connectivity index (χ2v) is 8.62. The lowest BCUT2D eigenvalue weighted by Crippen LogP contribution is -2.48. The van der Waals surface area contributed by atoms with Gasteiger partial charge < -0.3 is 4.90 Å². The predicted molar refractivity (Wildman–Crippen MR) is 96.7 cm³/mol. The van der Waals surface area contributed by atoms with E-state index >= 15 is 0 Å². The van der Waals surface area contributed by atoms with Gasteiger partial charge in [-0.2, -0.15) is 4.31 Å². The van der Waals surface area contributed by atoms with Crippen molar-refractivity contribution in [3.8, 4) is 0 Å². The monoisotopic (exact) mass is 364 g/mol. The first kappa shape index (κ1) is 17.2. The van der Waals surface area contributed by atoms with Gasteiger partial charge in [-0.3, -0.25) is 4.98 Å². The molecule has 0 amide bonds. The summed E-state index contributed by atoms with van der Waals surface area (Å²) in [4.78, 5) is 11.0. The number of sulfonamides is 1. The molecule has 1 aliphatic rings. The quantitative estimate of drug-likeness (QED) is 0.755. The Labute approximate surface area is 147 Å². The van der Waals surface area contributed by atoms with Crippen molar-refractivity contribution in [1.29, 1.82) is 0 Å². The van der Waals surface area contributed by atoms with Crippen LogP contribution < -0.4 is 4.90 Å². The maximum absolute atomic E-state index is 11.6. The van der Waals surface area contributed by atoms with E-state index in [-0.39, 0.29) is 0 Å². The molecule has 0 saturated carbocycles. The second kappa shape index (κ2) is 7.50. The van der Waals surface area contributed by atoms with Crippen molar-refractivity contribution in [2.75, 3.05) is 37.3 Å². The summed E-state index contributed by atoms with van der Waals surface area (Å²) in [5, 5.41) is 0.877. The Morgan fingerprint density at radius 1 is 1.08 bits per heavy atom. The van der Waals surface area contributed by atoms with Gasteiger partial charge in [0.05, 0.1) is 18.6 Å².